The molecule has 1 aromatic carbocycles. The Morgan fingerprint density at radius 1 is 1.42 bits per heavy atom. The fourth-order valence-electron chi connectivity index (χ4n) is 1.60. The standard InChI is InChI=1S/C13H17FN2O3/c1-9(10-5-3-4-6-11(10)14)16(2)13(19)15-8-7-12(17)18/h3-6,9H,7-8H2,1-2H3,(H,15,19)(H,17,18). The Balaban J connectivity index is 2.61. The molecule has 0 bridgehead atoms. The van der Waals surface area contributed by atoms with Gasteiger partial charge in [-0.3, -0.25) is 4.79 Å². The molecule has 1 aromatic rings. The molecule has 2 N–H and O–H groups in total. The highest BCUT2D eigenvalue weighted by Crippen LogP contribution is 2.21. The first kappa shape index (κ1) is 14.9. The van der Waals surface area contributed by atoms with Crippen LogP contribution in [-0.4, -0.2) is 35.6 Å². The number of carbonyl (C=O) groups excluding carboxylic acids is 1. The number of halogens is 1. The number of nitrogens with zero attached hydrogens (tertiary/aromatic N) is 1. The maximum atomic E-state index is 13.6. The molecule has 0 heterocycles. The number of benzene rings is 1. The van der Waals surface area contributed by atoms with Crippen LogP contribution in [0.5, 0.6) is 0 Å². The zero-order valence-electron chi connectivity index (χ0n) is 10.9. The van der Waals surface area contributed by atoms with Gasteiger partial charge in [-0.25, -0.2) is 9.18 Å². The summed E-state index contributed by atoms with van der Waals surface area (Å²) in [5.74, 6) is -1.36. The van der Waals surface area contributed by atoms with Crippen LogP contribution in [0.4, 0.5) is 9.18 Å². The summed E-state index contributed by atoms with van der Waals surface area (Å²) in [5.41, 5.74) is 0.415. The number of aliphatic carboxylic acids is 1. The molecule has 104 valence electrons. The summed E-state index contributed by atoms with van der Waals surface area (Å²) < 4.78 is 13.6. The van der Waals surface area contributed by atoms with E-state index in [2.05, 4.69) is 5.32 Å². The number of hydrogen-bond donors (Lipinski definition) is 2. The highest BCUT2D eigenvalue weighted by Gasteiger charge is 2.19. The van der Waals surface area contributed by atoms with Crippen molar-refractivity contribution in [3.8, 4) is 0 Å². The van der Waals surface area contributed by atoms with Gasteiger partial charge in [-0.2, -0.15) is 0 Å². The lowest BCUT2D eigenvalue weighted by molar-refractivity contribution is -0.136. The molecular weight excluding hydrogens is 251 g/mol. The molecule has 0 aliphatic carbocycles. The first-order valence-corrected chi connectivity index (χ1v) is 5.90. The number of carboxylic acids is 1. The lowest BCUT2D eigenvalue weighted by Gasteiger charge is -2.25. The number of carbonyl (C=O) groups is 2. The van der Waals surface area contributed by atoms with E-state index in [0.717, 1.165) is 0 Å². The van der Waals surface area contributed by atoms with Gasteiger partial charge in [-0.15, -0.1) is 0 Å². The first-order valence-electron chi connectivity index (χ1n) is 5.90. The molecule has 1 rings (SSSR count). The summed E-state index contributed by atoms with van der Waals surface area (Å²) in [6.45, 7) is 1.75. The van der Waals surface area contributed by atoms with E-state index >= 15 is 0 Å². The number of hydrogen-bond acceptors (Lipinski definition) is 2. The summed E-state index contributed by atoms with van der Waals surface area (Å²) in [7, 11) is 1.53. The van der Waals surface area contributed by atoms with E-state index in [1.54, 1.807) is 25.1 Å². The Labute approximate surface area is 111 Å². The lowest BCUT2D eigenvalue weighted by atomic mass is 10.1. The fourth-order valence-corrected chi connectivity index (χ4v) is 1.60. The maximum Gasteiger partial charge on any atom is 0.317 e. The highest BCUT2D eigenvalue weighted by atomic mass is 19.1. The fraction of sp³-hybridized carbons (Fsp3) is 0.385. The van der Waals surface area contributed by atoms with Crippen LogP contribution < -0.4 is 5.32 Å². The van der Waals surface area contributed by atoms with Crippen molar-refractivity contribution >= 4 is 12.0 Å². The van der Waals surface area contributed by atoms with Crippen molar-refractivity contribution in [3.05, 3.63) is 35.6 Å². The third kappa shape index (κ3) is 4.24. The van der Waals surface area contributed by atoms with Gasteiger partial charge in [-0.1, -0.05) is 18.2 Å². The second-order valence-corrected chi connectivity index (χ2v) is 4.18. The van der Waals surface area contributed by atoms with Gasteiger partial charge in [-0.05, 0) is 13.0 Å². The summed E-state index contributed by atoms with van der Waals surface area (Å²) in [6, 6.07) is 5.36. The molecule has 5 nitrogen and oxygen atoms in total. The van der Waals surface area contributed by atoms with Gasteiger partial charge >= 0.3 is 12.0 Å². The number of amides is 2. The summed E-state index contributed by atoms with van der Waals surface area (Å²) >= 11 is 0. The molecule has 0 spiro atoms. The molecular formula is C13H17FN2O3. The lowest BCUT2D eigenvalue weighted by Crippen LogP contribution is -2.39. The molecule has 19 heavy (non-hydrogen) atoms. The Kier molecular flexibility index (Phi) is 5.29. The minimum absolute atomic E-state index is 0.0441. The van der Waals surface area contributed by atoms with E-state index in [0.29, 0.717) is 5.56 Å². The minimum Gasteiger partial charge on any atom is -0.481 e. The third-order valence-electron chi connectivity index (χ3n) is 2.87. The second kappa shape index (κ2) is 6.72. The third-order valence-corrected chi connectivity index (χ3v) is 2.87. The van der Waals surface area contributed by atoms with Crippen molar-refractivity contribution in [1.82, 2.24) is 10.2 Å². The van der Waals surface area contributed by atoms with Crippen LogP contribution in [0, 0.1) is 5.82 Å². The molecule has 0 aliphatic rings. The SMILES string of the molecule is CC(c1ccccc1F)N(C)C(=O)NCCC(=O)O. The van der Waals surface area contributed by atoms with Crippen LogP contribution in [0.2, 0.25) is 0 Å². The van der Waals surface area contributed by atoms with Crippen LogP contribution >= 0.6 is 0 Å². The Hall–Kier alpha value is -2.11. The second-order valence-electron chi connectivity index (χ2n) is 4.18. The summed E-state index contributed by atoms with van der Waals surface area (Å²) in [6.07, 6.45) is -0.145. The number of nitrogens with one attached hydrogen (secondary N) is 1. The van der Waals surface area contributed by atoms with Crippen molar-refractivity contribution in [1.29, 1.82) is 0 Å². The molecule has 1 unspecified atom stereocenters. The summed E-state index contributed by atoms with van der Waals surface area (Å²) in [5, 5.41) is 10.9. The molecule has 0 aromatic heterocycles. The Bertz CT molecular complexity index is 465. The van der Waals surface area contributed by atoms with E-state index in [1.807, 2.05) is 0 Å². The van der Waals surface area contributed by atoms with Crippen molar-refractivity contribution in [2.45, 2.75) is 19.4 Å². The number of urea groups is 1. The summed E-state index contributed by atoms with van der Waals surface area (Å²) in [4.78, 5) is 23.4. The van der Waals surface area contributed by atoms with Gasteiger partial charge < -0.3 is 15.3 Å². The van der Waals surface area contributed by atoms with E-state index < -0.39 is 18.0 Å². The van der Waals surface area contributed by atoms with Crippen LogP contribution in [0.3, 0.4) is 0 Å². The molecule has 1 atom stereocenters. The monoisotopic (exact) mass is 268 g/mol. The first-order chi connectivity index (χ1) is 8.93. The van der Waals surface area contributed by atoms with Crippen LogP contribution in [0.15, 0.2) is 24.3 Å². The van der Waals surface area contributed by atoms with Gasteiger partial charge in [0.2, 0.25) is 0 Å². The largest absolute Gasteiger partial charge is 0.481 e. The van der Waals surface area contributed by atoms with Gasteiger partial charge in [0.1, 0.15) is 5.82 Å². The van der Waals surface area contributed by atoms with Crippen molar-refractivity contribution in [3.63, 3.8) is 0 Å². The average Bonchev–Trinajstić information content (AvgIpc) is 2.37. The van der Waals surface area contributed by atoms with Gasteiger partial charge in [0, 0.05) is 19.2 Å². The van der Waals surface area contributed by atoms with Crippen molar-refractivity contribution in [2.75, 3.05) is 13.6 Å². The Morgan fingerprint density at radius 2 is 2.05 bits per heavy atom. The van der Waals surface area contributed by atoms with Crippen molar-refractivity contribution < 1.29 is 19.1 Å². The van der Waals surface area contributed by atoms with E-state index in [-0.39, 0.29) is 18.8 Å². The van der Waals surface area contributed by atoms with E-state index in [1.165, 1.54) is 18.0 Å². The predicted octanol–water partition coefficient (Wildman–Crippen LogP) is 2.00. The molecule has 2 amide bonds. The van der Waals surface area contributed by atoms with Gasteiger partial charge in [0.05, 0.1) is 12.5 Å². The topological polar surface area (TPSA) is 69.6 Å². The van der Waals surface area contributed by atoms with Crippen LogP contribution in [0.25, 0.3) is 0 Å². The predicted molar refractivity (Wildman–Crippen MR) is 68.2 cm³/mol. The zero-order chi connectivity index (χ0) is 14.4. The molecule has 0 aliphatic heterocycles. The van der Waals surface area contributed by atoms with Gasteiger partial charge in [0.15, 0.2) is 0 Å². The van der Waals surface area contributed by atoms with E-state index in [9.17, 15) is 14.0 Å². The zero-order valence-corrected chi connectivity index (χ0v) is 10.9. The number of rotatable bonds is 5. The molecule has 0 radical (unpaired) electrons. The highest BCUT2D eigenvalue weighted by molar-refractivity contribution is 5.75. The minimum atomic E-state index is -0.981. The Morgan fingerprint density at radius 3 is 2.63 bits per heavy atom. The molecule has 0 saturated heterocycles. The molecule has 0 fully saturated rings. The molecule has 0 saturated carbocycles. The van der Waals surface area contributed by atoms with Crippen LogP contribution in [-0.2, 0) is 4.79 Å². The quantitative estimate of drug-likeness (QED) is 0.858. The molecule has 6 heteroatoms. The van der Waals surface area contributed by atoms with E-state index in [4.69, 9.17) is 5.11 Å². The van der Waals surface area contributed by atoms with Crippen LogP contribution in [0.1, 0.15) is 24.9 Å². The number of carboxylic acid groups (broad SMARTS) is 1. The van der Waals surface area contributed by atoms with Crippen molar-refractivity contribution in [2.24, 2.45) is 0 Å². The van der Waals surface area contributed by atoms with Gasteiger partial charge in [0.25, 0.3) is 0 Å². The normalized spacial score (nSPS) is 11.7. The smallest absolute Gasteiger partial charge is 0.317 e. The maximum absolute atomic E-state index is 13.6. The average molecular weight is 268 g/mol.